The van der Waals surface area contributed by atoms with Crippen molar-refractivity contribution in [2.75, 3.05) is 0 Å². The predicted octanol–water partition coefficient (Wildman–Crippen LogP) is 3.13. The van der Waals surface area contributed by atoms with E-state index in [1.165, 1.54) is 11.8 Å². The van der Waals surface area contributed by atoms with Crippen molar-refractivity contribution in [3.8, 4) is 6.07 Å². The number of aryl methyl sites for hydroxylation is 3. The minimum Gasteiger partial charge on any atom is -0.245 e. The van der Waals surface area contributed by atoms with E-state index in [9.17, 15) is 0 Å². The van der Waals surface area contributed by atoms with Crippen molar-refractivity contribution < 1.29 is 0 Å². The van der Waals surface area contributed by atoms with E-state index in [1.807, 2.05) is 33.8 Å². The van der Waals surface area contributed by atoms with Crippen LogP contribution in [0, 0.1) is 39.0 Å². The highest BCUT2D eigenvalue weighted by Gasteiger charge is 2.11. The van der Waals surface area contributed by atoms with E-state index in [1.54, 1.807) is 6.07 Å². The van der Waals surface area contributed by atoms with E-state index in [4.69, 9.17) is 5.26 Å². The van der Waals surface area contributed by atoms with Crippen molar-refractivity contribution in [1.82, 2.24) is 15.0 Å². The Morgan fingerprint density at radius 2 is 1.63 bits per heavy atom. The summed E-state index contributed by atoms with van der Waals surface area (Å²) in [6.07, 6.45) is 0. The molecule has 0 aliphatic heterocycles. The third-order valence-electron chi connectivity index (χ3n) is 2.92. The molecule has 2 aromatic heterocycles. The molecule has 0 amide bonds. The van der Waals surface area contributed by atoms with Crippen LogP contribution in [-0.4, -0.2) is 15.0 Å². The van der Waals surface area contributed by atoms with Crippen molar-refractivity contribution >= 4 is 11.8 Å². The Labute approximate surface area is 116 Å². The summed E-state index contributed by atoms with van der Waals surface area (Å²) < 4.78 is 0. The van der Waals surface area contributed by atoms with Gasteiger partial charge in [0.05, 0.1) is 5.56 Å². The fourth-order valence-electron chi connectivity index (χ4n) is 1.57. The molecule has 2 rings (SSSR count). The number of pyridine rings is 1. The van der Waals surface area contributed by atoms with Crippen LogP contribution in [0.15, 0.2) is 22.3 Å². The third-order valence-corrected chi connectivity index (χ3v) is 3.79. The molecule has 0 aliphatic rings. The number of aromatic nitrogens is 3. The molecule has 0 saturated heterocycles. The van der Waals surface area contributed by atoms with Gasteiger partial charge in [0.25, 0.3) is 0 Å². The molecule has 0 saturated carbocycles. The fourth-order valence-corrected chi connectivity index (χ4v) is 2.52. The lowest BCUT2D eigenvalue weighted by molar-refractivity contribution is 0.877. The maximum Gasteiger partial charge on any atom is 0.194 e. The molecule has 0 atom stereocenters. The number of hydrogen-bond acceptors (Lipinski definition) is 5. The Morgan fingerprint density at radius 1 is 1.00 bits per heavy atom. The summed E-state index contributed by atoms with van der Waals surface area (Å²) in [5, 5.41) is 10.4. The first kappa shape index (κ1) is 13.5. The van der Waals surface area contributed by atoms with Crippen LogP contribution >= 0.6 is 11.8 Å². The zero-order valence-electron chi connectivity index (χ0n) is 11.4. The Hall–Kier alpha value is -1.93. The van der Waals surface area contributed by atoms with Crippen LogP contribution in [0.2, 0.25) is 0 Å². The molecule has 0 fully saturated rings. The summed E-state index contributed by atoms with van der Waals surface area (Å²) in [5.74, 6) is 0. The Balaban J connectivity index is 2.42. The van der Waals surface area contributed by atoms with Crippen molar-refractivity contribution in [2.45, 2.75) is 37.9 Å². The van der Waals surface area contributed by atoms with Crippen molar-refractivity contribution in [1.29, 1.82) is 5.26 Å². The van der Waals surface area contributed by atoms with Crippen LogP contribution in [0.3, 0.4) is 0 Å². The molecule has 0 bridgehead atoms. The van der Waals surface area contributed by atoms with Crippen LogP contribution < -0.4 is 0 Å². The lowest BCUT2D eigenvalue weighted by atomic mass is 10.2. The SMILES string of the molecule is Cc1ccc(C#N)c(Sc2nc(C)c(C)c(C)n2)n1. The van der Waals surface area contributed by atoms with Gasteiger partial charge in [-0.3, -0.25) is 0 Å². The van der Waals surface area contributed by atoms with E-state index >= 15 is 0 Å². The van der Waals surface area contributed by atoms with E-state index in [0.717, 1.165) is 22.6 Å². The minimum atomic E-state index is 0.551. The minimum absolute atomic E-state index is 0.551. The first-order chi connectivity index (χ1) is 9.01. The van der Waals surface area contributed by atoms with Gasteiger partial charge in [-0.25, -0.2) is 15.0 Å². The highest BCUT2D eigenvalue weighted by molar-refractivity contribution is 7.99. The molecule has 19 heavy (non-hydrogen) atoms. The molecule has 4 nitrogen and oxygen atoms in total. The molecule has 0 unspecified atom stereocenters. The first-order valence-electron chi connectivity index (χ1n) is 5.88. The molecular weight excluding hydrogens is 256 g/mol. The summed E-state index contributed by atoms with van der Waals surface area (Å²) >= 11 is 1.33. The van der Waals surface area contributed by atoms with E-state index in [0.29, 0.717) is 15.7 Å². The standard InChI is InChI=1S/C14H14N4S/c1-8-5-6-12(7-15)13(16-8)19-14-17-10(3)9(2)11(4)18-14/h5-6H,1-4H3. The highest BCUT2D eigenvalue weighted by atomic mass is 32.2. The van der Waals surface area contributed by atoms with Gasteiger partial charge in [-0.1, -0.05) is 0 Å². The average Bonchev–Trinajstić information content (AvgIpc) is 2.36. The normalized spacial score (nSPS) is 10.3. The van der Waals surface area contributed by atoms with Gasteiger partial charge in [-0.05, 0) is 57.2 Å². The fraction of sp³-hybridized carbons (Fsp3) is 0.286. The first-order valence-corrected chi connectivity index (χ1v) is 6.70. The van der Waals surface area contributed by atoms with Crippen LogP contribution in [0.1, 0.15) is 28.2 Å². The van der Waals surface area contributed by atoms with Gasteiger partial charge in [0.2, 0.25) is 0 Å². The van der Waals surface area contributed by atoms with Crippen LogP contribution in [-0.2, 0) is 0 Å². The van der Waals surface area contributed by atoms with E-state index < -0.39 is 0 Å². The summed E-state index contributed by atoms with van der Waals surface area (Å²) in [4.78, 5) is 13.3. The highest BCUT2D eigenvalue weighted by Crippen LogP contribution is 2.27. The van der Waals surface area contributed by atoms with Gasteiger partial charge in [0.15, 0.2) is 5.16 Å². The molecular formula is C14H14N4S. The molecule has 2 heterocycles. The van der Waals surface area contributed by atoms with Crippen molar-refractivity contribution in [3.05, 3.63) is 40.3 Å². The monoisotopic (exact) mass is 270 g/mol. The molecule has 0 spiro atoms. The quantitative estimate of drug-likeness (QED) is 0.784. The van der Waals surface area contributed by atoms with Crippen LogP contribution in [0.25, 0.3) is 0 Å². The largest absolute Gasteiger partial charge is 0.245 e. The zero-order chi connectivity index (χ0) is 14.0. The maximum absolute atomic E-state index is 9.10. The van der Waals surface area contributed by atoms with E-state index in [2.05, 4.69) is 21.0 Å². The second-order valence-corrected chi connectivity index (χ2v) is 5.28. The number of rotatable bonds is 2. The molecule has 2 aromatic rings. The van der Waals surface area contributed by atoms with E-state index in [-0.39, 0.29) is 0 Å². The number of nitrogens with zero attached hydrogens (tertiary/aromatic N) is 4. The number of hydrogen-bond donors (Lipinski definition) is 0. The van der Waals surface area contributed by atoms with Gasteiger partial charge in [-0.2, -0.15) is 5.26 Å². The lowest BCUT2D eigenvalue weighted by Crippen LogP contribution is -1.99. The summed E-state index contributed by atoms with van der Waals surface area (Å²) in [7, 11) is 0. The van der Waals surface area contributed by atoms with Crippen LogP contribution in [0.5, 0.6) is 0 Å². The molecule has 5 heteroatoms. The molecule has 0 radical (unpaired) electrons. The van der Waals surface area contributed by atoms with Gasteiger partial charge >= 0.3 is 0 Å². The lowest BCUT2D eigenvalue weighted by Gasteiger charge is -2.07. The molecule has 0 aromatic carbocycles. The second kappa shape index (κ2) is 5.37. The van der Waals surface area contributed by atoms with Gasteiger partial charge in [-0.15, -0.1) is 0 Å². The third kappa shape index (κ3) is 2.91. The van der Waals surface area contributed by atoms with Crippen LogP contribution in [0.4, 0.5) is 0 Å². The molecule has 0 N–H and O–H groups in total. The summed E-state index contributed by atoms with van der Waals surface area (Å²) in [6, 6.07) is 5.75. The Kier molecular flexibility index (Phi) is 3.82. The van der Waals surface area contributed by atoms with Gasteiger partial charge in [0.1, 0.15) is 11.1 Å². The van der Waals surface area contributed by atoms with Gasteiger partial charge in [0, 0.05) is 17.1 Å². The number of nitriles is 1. The summed E-state index contributed by atoms with van der Waals surface area (Å²) in [5.41, 5.74) is 4.45. The molecule has 96 valence electrons. The second-order valence-electron chi connectivity index (χ2n) is 4.32. The smallest absolute Gasteiger partial charge is 0.194 e. The zero-order valence-corrected chi connectivity index (χ0v) is 12.2. The summed E-state index contributed by atoms with van der Waals surface area (Å²) in [6.45, 7) is 7.83. The Bertz CT molecular complexity index is 651. The van der Waals surface area contributed by atoms with Crippen molar-refractivity contribution in [3.63, 3.8) is 0 Å². The van der Waals surface area contributed by atoms with Gasteiger partial charge < -0.3 is 0 Å². The van der Waals surface area contributed by atoms with Crippen molar-refractivity contribution in [2.24, 2.45) is 0 Å². The Morgan fingerprint density at radius 3 is 2.21 bits per heavy atom. The maximum atomic E-state index is 9.10. The topological polar surface area (TPSA) is 62.5 Å². The average molecular weight is 270 g/mol. The predicted molar refractivity (Wildman–Crippen MR) is 74.1 cm³/mol. The molecule has 0 aliphatic carbocycles.